The highest BCUT2D eigenvalue weighted by Crippen LogP contribution is 2.24. The number of para-hydroxylation sites is 1. The molecule has 3 rings (SSSR count). The first kappa shape index (κ1) is 13.3. The molecule has 2 N–H and O–H groups in total. The van der Waals surface area contributed by atoms with E-state index in [1.807, 2.05) is 30.5 Å². The van der Waals surface area contributed by atoms with Crippen LogP contribution in [0.1, 0.15) is 17.2 Å². The van der Waals surface area contributed by atoms with E-state index in [0.29, 0.717) is 12.1 Å². The maximum absolute atomic E-state index is 13.6. The Hall–Kier alpha value is -2.64. The van der Waals surface area contributed by atoms with E-state index in [1.165, 1.54) is 6.07 Å². The van der Waals surface area contributed by atoms with Gasteiger partial charge in [-0.25, -0.2) is 4.39 Å². The van der Waals surface area contributed by atoms with Gasteiger partial charge in [0.05, 0.1) is 6.07 Å². The maximum atomic E-state index is 13.6. The zero-order chi connectivity index (χ0) is 14.7. The summed E-state index contributed by atoms with van der Waals surface area (Å²) >= 11 is 0. The van der Waals surface area contributed by atoms with E-state index < -0.39 is 6.04 Å². The van der Waals surface area contributed by atoms with Crippen LogP contribution in [0.4, 0.5) is 4.39 Å². The van der Waals surface area contributed by atoms with Gasteiger partial charge < -0.3 is 4.98 Å². The van der Waals surface area contributed by atoms with Gasteiger partial charge in [0, 0.05) is 34.8 Å². The smallest absolute Gasteiger partial charge is 0.127 e. The normalized spacial score (nSPS) is 12.2. The molecule has 0 aliphatic heterocycles. The van der Waals surface area contributed by atoms with Crippen molar-refractivity contribution in [3.05, 3.63) is 71.7 Å². The van der Waals surface area contributed by atoms with Gasteiger partial charge in [-0.2, -0.15) is 5.26 Å². The van der Waals surface area contributed by atoms with Gasteiger partial charge in [-0.3, -0.25) is 5.32 Å². The molecule has 1 heterocycles. The minimum Gasteiger partial charge on any atom is -0.361 e. The van der Waals surface area contributed by atoms with Crippen molar-refractivity contribution in [1.82, 2.24) is 10.3 Å². The second kappa shape index (κ2) is 5.78. The molecular weight excluding hydrogens is 265 g/mol. The predicted molar refractivity (Wildman–Crippen MR) is 79.9 cm³/mol. The molecule has 1 unspecified atom stereocenters. The number of hydrogen-bond donors (Lipinski definition) is 2. The van der Waals surface area contributed by atoms with Gasteiger partial charge in [0.15, 0.2) is 0 Å². The van der Waals surface area contributed by atoms with Crippen LogP contribution in [-0.2, 0) is 6.54 Å². The van der Waals surface area contributed by atoms with Crippen LogP contribution in [-0.4, -0.2) is 4.98 Å². The number of rotatable bonds is 4. The fourth-order valence-corrected chi connectivity index (χ4v) is 2.41. The average Bonchev–Trinajstić information content (AvgIpc) is 2.94. The Kier molecular flexibility index (Phi) is 3.67. The van der Waals surface area contributed by atoms with Gasteiger partial charge in [-0.1, -0.05) is 36.4 Å². The fourth-order valence-electron chi connectivity index (χ4n) is 2.41. The van der Waals surface area contributed by atoms with Gasteiger partial charge in [0.25, 0.3) is 0 Å². The Bertz CT molecular complexity index is 801. The molecule has 4 heteroatoms. The summed E-state index contributed by atoms with van der Waals surface area (Å²) in [6, 6.07) is 16.1. The van der Waals surface area contributed by atoms with Crippen molar-refractivity contribution in [2.75, 3.05) is 0 Å². The van der Waals surface area contributed by atoms with Crippen molar-refractivity contribution < 1.29 is 4.39 Å². The summed E-state index contributed by atoms with van der Waals surface area (Å²) in [6.07, 6.45) is 1.83. The number of hydrogen-bond acceptors (Lipinski definition) is 2. The molecule has 0 saturated heterocycles. The van der Waals surface area contributed by atoms with E-state index in [0.717, 1.165) is 16.5 Å². The van der Waals surface area contributed by atoms with Gasteiger partial charge in [-0.15, -0.1) is 0 Å². The first-order valence-electron chi connectivity index (χ1n) is 6.72. The highest BCUT2D eigenvalue weighted by Gasteiger charge is 2.15. The monoisotopic (exact) mass is 279 g/mol. The van der Waals surface area contributed by atoms with Crippen molar-refractivity contribution in [2.45, 2.75) is 12.6 Å². The zero-order valence-corrected chi connectivity index (χ0v) is 11.3. The Balaban J connectivity index is 1.83. The van der Waals surface area contributed by atoms with E-state index in [2.05, 4.69) is 16.4 Å². The molecule has 21 heavy (non-hydrogen) atoms. The molecule has 0 fully saturated rings. The number of nitrogens with zero attached hydrogens (tertiary/aromatic N) is 1. The lowest BCUT2D eigenvalue weighted by Gasteiger charge is -2.11. The molecular formula is C17H14FN3. The van der Waals surface area contributed by atoms with E-state index >= 15 is 0 Å². The lowest BCUT2D eigenvalue weighted by Crippen LogP contribution is -2.19. The number of H-pyrrole nitrogens is 1. The van der Waals surface area contributed by atoms with E-state index in [-0.39, 0.29) is 5.82 Å². The highest BCUT2D eigenvalue weighted by atomic mass is 19.1. The van der Waals surface area contributed by atoms with Crippen LogP contribution < -0.4 is 5.32 Å². The number of fused-ring (bicyclic) bond motifs is 1. The van der Waals surface area contributed by atoms with E-state index in [9.17, 15) is 9.65 Å². The summed E-state index contributed by atoms with van der Waals surface area (Å²) in [5, 5.41) is 13.5. The minimum atomic E-state index is -0.485. The van der Waals surface area contributed by atoms with Gasteiger partial charge >= 0.3 is 0 Å². The lowest BCUT2D eigenvalue weighted by atomic mass is 10.1. The maximum Gasteiger partial charge on any atom is 0.127 e. The quantitative estimate of drug-likeness (QED) is 0.765. The number of benzene rings is 2. The van der Waals surface area contributed by atoms with Crippen molar-refractivity contribution in [2.24, 2.45) is 0 Å². The summed E-state index contributed by atoms with van der Waals surface area (Å²) < 4.78 is 13.6. The van der Waals surface area contributed by atoms with Crippen LogP contribution >= 0.6 is 0 Å². The van der Waals surface area contributed by atoms with E-state index in [1.54, 1.807) is 18.2 Å². The van der Waals surface area contributed by atoms with Crippen molar-refractivity contribution >= 4 is 10.9 Å². The second-order valence-corrected chi connectivity index (χ2v) is 4.82. The molecule has 2 aromatic carbocycles. The molecule has 1 aromatic heterocycles. The van der Waals surface area contributed by atoms with E-state index in [4.69, 9.17) is 0 Å². The zero-order valence-electron chi connectivity index (χ0n) is 11.3. The predicted octanol–water partition coefficient (Wildman–Crippen LogP) is 3.66. The lowest BCUT2D eigenvalue weighted by molar-refractivity contribution is 0.573. The van der Waals surface area contributed by atoms with Crippen molar-refractivity contribution in [3.63, 3.8) is 0 Å². The number of halogens is 1. The molecule has 0 radical (unpaired) electrons. The molecule has 0 spiro atoms. The summed E-state index contributed by atoms with van der Waals surface area (Å²) in [4.78, 5) is 3.15. The molecule has 0 saturated carbocycles. The first-order valence-corrected chi connectivity index (χ1v) is 6.72. The molecule has 0 aliphatic rings. The third-order valence-electron chi connectivity index (χ3n) is 3.52. The standard InChI is InChI=1S/C17H14FN3/c18-15-7-3-1-5-12(15)10-20-17(9-19)14-11-21-16-8-4-2-6-13(14)16/h1-8,11,17,20-21H,10H2. The summed E-state index contributed by atoms with van der Waals surface area (Å²) in [6.45, 7) is 0.310. The third kappa shape index (κ3) is 2.64. The Morgan fingerprint density at radius 1 is 1.14 bits per heavy atom. The molecule has 0 amide bonds. The van der Waals surface area contributed by atoms with Gasteiger partial charge in [-0.05, 0) is 12.1 Å². The Morgan fingerprint density at radius 3 is 2.71 bits per heavy atom. The highest BCUT2D eigenvalue weighted by molar-refractivity contribution is 5.83. The topological polar surface area (TPSA) is 51.6 Å². The minimum absolute atomic E-state index is 0.263. The number of aromatic amines is 1. The van der Waals surface area contributed by atoms with Crippen LogP contribution in [0.15, 0.2) is 54.7 Å². The molecule has 3 aromatic rings. The SMILES string of the molecule is N#CC(NCc1ccccc1F)c1c[nH]c2ccccc12. The fraction of sp³-hybridized carbons (Fsp3) is 0.118. The molecule has 0 aliphatic carbocycles. The van der Waals surface area contributed by atoms with Crippen molar-refractivity contribution in [1.29, 1.82) is 5.26 Å². The van der Waals surface area contributed by atoms with Crippen LogP contribution in [0.3, 0.4) is 0 Å². The van der Waals surface area contributed by atoms with Crippen LogP contribution in [0, 0.1) is 17.1 Å². The largest absolute Gasteiger partial charge is 0.361 e. The second-order valence-electron chi connectivity index (χ2n) is 4.82. The molecule has 0 bridgehead atoms. The Morgan fingerprint density at radius 2 is 1.90 bits per heavy atom. The van der Waals surface area contributed by atoms with Crippen LogP contribution in [0.2, 0.25) is 0 Å². The average molecular weight is 279 g/mol. The molecule has 3 nitrogen and oxygen atoms in total. The number of nitriles is 1. The third-order valence-corrected chi connectivity index (χ3v) is 3.52. The summed E-state index contributed by atoms with van der Waals surface area (Å²) in [5.41, 5.74) is 2.42. The number of aromatic nitrogens is 1. The van der Waals surface area contributed by atoms with Crippen LogP contribution in [0.25, 0.3) is 10.9 Å². The number of nitrogens with one attached hydrogen (secondary N) is 2. The summed E-state index contributed by atoms with van der Waals surface area (Å²) in [7, 11) is 0. The first-order chi connectivity index (χ1) is 10.3. The van der Waals surface area contributed by atoms with Gasteiger partial charge in [0.1, 0.15) is 11.9 Å². The van der Waals surface area contributed by atoms with Crippen LogP contribution in [0.5, 0.6) is 0 Å². The van der Waals surface area contributed by atoms with Crippen molar-refractivity contribution in [3.8, 4) is 6.07 Å². The van der Waals surface area contributed by atoms with Gasteiger partial charge in [0.2, 0.25) is 0 Å². The molecule has 104 valence electrons. The molecule has 1 atom stereocenters. The summed E-state index contributed by atoms with van der Waals surface area (Å²) in [5.74, 6) is -0.263. The Labute approximate surface area is 122 Å².